The van der Waals surface area contributed by atoms with Gasteiger partial charge < -0.3 is 19.7 Å². The molecule has 0 unspecified atom stereocenters. The number of carbonyl (C=O) groups is 1. The molecule has 0 fully saturated rings. The highest BCUT2D eigenvalue weighted by Crippen LogP contribution is 2.28. The lowest BCUT2D eigenvalue weighted by molar-refractivity contribution is -0.123. The molecule has 1 heterocycles. The van der Waals surface area contributed by atoms with Gasteiger partial charge in [0.1, 0.15) is 5.82 Å². The van der Waals surface area contributed by atoms with Crippen molar-refractivity contribution >= 4 is 11.7 Å². The number of carbonyl (C=O) groups excluding carboxylic acids is 1. The molecule has 0 saturated heterocycles. The van der Waals surface area contributed by atoms with Gasteiger partial charge in [-0.1, -0.05) is 6.07 Å². The third-order valence-electron chi connectivity index (χ3n) is 3.50. The summed E-state index contributed by atoms with van der Waals surface area (Å²) in [5, 5.41) is 11.8. The van der Waals surface area contributed by atoms with Crippen molar-refractivity contribution in [3.63, 3.8) is 0 Å². The van der Waals surface area contributed by atoms with E-state index in [0.717, 1.165) is 11.4 Å². The zero-order valence-electron chi connectivity index (χ0n) is 15.2. The first-order valence-electron chi connectivity index (χ1n) is 8.22. The Bertz CT molecular complexity index is 800. The Balaban J connectivity index is 1.94. The number of ether oxygens (including phenoxy) is 2. The van der Waals surface area contributed by atoms with Crippen LogP contribution in [0.25, 0.3) is 0 Å². The zero-order chi connectivity index (χ0) is 18.9. The topological polar surface area (TPSA) is 87.5 Å². The molecule has 0 aliphatic carbocycles. The van der Waals surface area contributed by atoms with Crippen molar-refractivity contribution in [1.29, 1.82) is 5.26 Å². The van der Waals surface area contributed by atoms with E-state index in [9.17, 15) is 4.79 Å². The molecule has 1 aromatic carbocycles. The van der Waals surface area contributed by atoms with Gasteiger partial charge in [-0.2, -0.15) is 5.26 Å². The fourth-order valence-electron chi connectivity index (χ4n) is 2.32. The number of pyridine rings is 1. The van der Waals surface area contributed by atoms with Gasteiger partial charge in [0.2, 0.25) is 0 Å². The highest BCUT2D eigenvalue weighted by molar-refractivity contribution is 5.77. The van der Waals surface area contributed by atoms with Gasteiger partial charge in [0.05, 0.1) is 18.2 Å². The number of nitriles is 1. The first kappa shape index (κ1) is 19.1. The normalized spacial score (nSPS) is 9.92. The molecule has 1 aromatic heterocycles. The molecule has 0 atom stereocenters. The molecular formula is C19H22N4O3. The summed E-state index contributed by atoms with van der Waals surface area (Å²) in [6.07, 6.45) is 1.71. The van der Waals surface area contributed by atoms with E-state index in [2.05, 4.69) is 10.3 Å². The van der Waals surface area contributed by atoms with E-state index in [0.29, 0.717) is 30.2 Å². The van der Waals surface area contributed by atoms with E-state index < -0.39 is 0 Å². The maximum absolute atomic E-state index is 12.1. The molecule has 0 aliphatic rings. The summed E-state index contributed by atoms with van der Waals surface area (Å²) < 4.78 is 11.0. The first-order chi connectivity index (χ1) is 12.5. The van der Waals surface area contributed by atoms with Gasteiger partial charge in [0.25, 0.3) is 5.91 Å². The van der Waals surface area contributed by atoms with Gasteiger partial charge in [-0.3, -0.25) is 4.79 Å². The SMILES string of the molecule is CCOc1cc(C#N)ccc1OCC(=O)NCc1cccnc1N(C)C. The second-order valence-corrected chi connectivity index (χ2v) is 5.65. The summed E-state index contributed by atoms with van der Waals surface area (Å²) in [5.41, 5.74) is 1.39. The van der Waals surface area contributed by atoms with Crippen molar-refractivity contribution in [1.82, 2.24) is 10.3 Å². The molecule has 136 valence electrons. The number of hydrogen-bond donors (Lipinski definition) is 1. The number of nitrogens with one attached hydrogen (secondary N) is 1. The van der Waals surface area contributed by atoms with Gasteiger partial charge in [-0.05, 0) is 25.1 Å². The molecule has 2 aromatic rings. The molecule has 7 nitrogen and oxygen atoms in total. The minimum atomic E-state index is -0.259. The van der Waals surface area contributed by atoms with E-state index >= 15 is 0 Å². The molecule has 0 bridgehead atoms. The Morgan fingerprint density at radius 2 is 2.08 bits per heavy atom. The third-order valence-corrected chi connectivity index (χ3v) is 3.50. The lowest BCUT2D eigenvalue weighted by Gasteiger charge is -2.16. The zero-order valence-corrected chi connectivity index (χ0v) is 15.2. The van der Waals surface area contributed by atoms with E-state index in [1.54, 1.807) is 24.4 Å². The lowest BCUT2D eigenvalue weighted by atomic mass is 10.2. The van der Waals surface area contributed by atoms with Crippen molar-refractivity contribution < 1.29 is 14.3 Å². The van der Waals surface area contributed by atoms with Crippen molar-refractivity contribution in [3.8, 4) is 17.6 Å². The third kappa shape index (κ3) is 5.11. The van der Waals surface area contributed by atoms with Crippen LogP contribution in [-0.4, -0.2) is 38.2 Å². The number of rotatable bonds is 8. The van der Waals surface area contributed by atoms with Crippen LogP contribution in [0.15, 0.2) is 36.5 Å². The molecule has 0 aliphatic heterocycles. The number of benzene rings is 1. The number of nitrogens with zero attached hydrogens (tertiary/aromatic N) is 3. The van der Waals surface area contributed by atoms with Crippen LogP contribution in [0, 0.1) is 11.3 Å². The number of hydrogen-bond acceptors (Lipinski definition) is 6. The van der Waals surface area contributed by atoms with Crippen LogP contribution in [0.3, 0.4) is 0 Å². The smallest absolute Gasteiger partial charge is 0.258 e. The minimum absolute atomic E-state index is 0.149. The highest BCUT2D eigenvalue weighted by atomic mass is 16.5. The summed E-state index contributed by atoms with van der Waals surface area (Å²) in [5.74, 6) is 1.42. The predicted octanol–water partition coefficient (Wildman–Crippen LogP) is 2.11. The van der Waals surface area contributed by atoms with Gasteiger partial charge in [0.15, 0.2) is 18.1 Å². The average Bonchev–Trinajstić information content (AvgIpc) is 2.65. The van der Waals surface area contributed by atoms with Gasteiger partial charge >= 0.3 is 0 Å². The van der Waals surface area contributed by atoms with Crippen molar-refractivity contribution in [2.75, 3.05) is 32.2 Å². The van der Waals surface area contributed by atoms with Crippen LogP contribution in [0.4, 0.5) is 5.82 Å². The van der Waals surface area contributed by atoms with E-state index in [4.69, 9.17) is 14.7 Å². The Morgan fingerprint density at radius 1 is 1.27 bits per heavy atom. The highest BCUT2D eigenvalue weighted by Gasteiger charge is 2.11. The predicted molar refractivity (Wildman–Crippen MR) is 98.2 cm³/mol. The van der Waals surface area contributed by atoms with Crippen molar-refractivity contribution in [2.45, 2.75) is 13.5 Å². The van der Waals surface area contributed by atoms with Gasteiger partial charge in [-0.15, -0.1) is 0 Å². The Kier molecular flexibility index (Phi) is 6.80. The summed E-state index contributed by atoms with van der Waals surface area (Å²) >= 11 is 0. The number of anilines is 1. The Hall–Kier alpha value is -3.27. The summed E-state index contributed by atoms with van der Waals surface area (Å²) in [6, 6.07) is 10.6. The molecule has 2 rings (SSSR count). The molecule has 26 heavy (non-hydrogen) atoms. The van der Waals surface area contributed by atoms with Crippen LogP contribution >= 0.6 is 0 Å². The first-order valence-corrected chi connectivity index (χ1v) is 8.22. The monoisotopic (exact) mass is 354 g/mol. The lowest BCUT2D eigenvalue weighted by Crippen LogP contribution is -2.29. The summed E-state index contributed by atoms with van der Waals surface area (Å²) in [6.45, 7) is 2.48. The molecule has 1 N–H and O–H groups in total. The van der Waals surface area contributed by atoms with Crippen LogP contribution in [-0.2, 0) is 11.3 Å². The van der Waals surface area contributed by atoms with Crippen LogP contribution in [0.1, 0.15) is 18.1 Å². The molecule has 0 saturated carbocycles. The second kappa shape index (κ2) is 9.28. The largest absolute Gasteiger partial charge is 0.490 e. The van der Waals surface area contributed by atoms with Gasteiger partial charge in [0, 0.05) is 38.5 Å². The molecular weight excluding hydrogens is 332 g/mol. The van der Waals surface area contributed by atoms with Crippen LogP contribution in [0.5, 0.6) is 11.5 Å². The maximum atomic E-state index is 12.1. The Labute approximate surface area is 153 Å². The summed E-state index contributed by atoms with van der Waals surface area (Å²) in [4.78, 5) is 18.3. The van der Waals surface area contributed by atoms with E-state index in [1.165, 1.54) is 0 Å². The van der Waals surface area contributed by atoms with E-state index in [1.807, 2.05) is 44.1 Å². The molecule has 1 amide bonds. The molecule has 0 radical (unpaired) electrons. The average molecular weight is 354 g/mol. The van der Waals surface area contributed by atoms with Crippen molar-refractivity contribution in [3.05, 3.63) is 47.7 Å². The fourth-order valence-corrected chi connectivity index (χ4v) is 2.32. The quantitative estimate of drug-likeness (QED) is 0.781. The fraction of sp³-hybridized carbons (Fsp3) is 0.316. The number of aromatic nitrogens is 1. The number of amides is 1. The van der Waals surface area contributed by atoms with E-state index in [-0.39, 0.29) is 12.5 Å². The second-order valence-electron chi connectivity index (χ2n) is 5.65. The van der Waals surface area contributed by atoms with Gasteiger partial charge in [-0.25, -0.2) is 4.98 Å². The molecule has 0 spiro atoms. The minimum Gasteiger partial charge on any atom is -0.490 e. The molecule has 7 heteroatoms. The Morgan fingerprint density at radius 3 is 2.77 bits per heavy atom. The van der Waals surface area contributed by atoms with Crippen LogP contribution < -0.4 is 19.7 Å². The van der Waals surface area contributed by atoms with Crippen LogP contribution in [0.2, 0.25) is 0 Å². The summed E-state index contributed by atoms with van der Waals surface area (Å²) in [7, 11) is 3.80. The standard InChI is InChI=1S/C19H22N4O3/c1-4-25-17-10-14(11-20)7-8-16(17)26-13-18(24)22-12-15-6-5-9-21-19(15)23(2)3/h5-10H,4,12-13H2,1-3H3,(H,22,24). The maximum Gasteiger partial charge on any atom is 0.258 e. The van der Waals surface area contributed by atoms with Crippen molar-refractivity contribution in [2.24, 2.45) is 0 Å².